The first kappa shape index (κ1) is 23.5. The predicted octanol–water partition coefficient (Wildman–Crippen LogP) is 4.75. The first-order chi connectivity index (χ1) is 15.2. The standard InChI is InChI=1S/C23H22Cl2N4O3/c1-14-4-6-17(7-5-14)12-29-16(3)19(15(2)28-29)8-9-22(31)32-13-21(30)27-23-20(25)10-18(24)11-26-23/h4-11H,12-13H2,1-3H3,(H,26,27,30). The maximum absolute atomic E-state index is 12.1. The molecule has 2 aromatic heterocycles. The number of hydrogen-bond donors (Lipinski definition) is 1. The molecule has 0 unspecified atom stereocenters. The summed E-state index contributed by atoms with van der Waals surface area (Å²) in [5, 5.41) is 7.55. The third-order valence-electron chi connectivity index (χ3n) is 4.69. The van der Waals surface area contributed by atoms with Gasteiger partial charge in [0.25, 0.3) is 5.91 Å². The van der Waals surface area contributed by atoms with E-state index in [1.807, 2.05) is 25.5 Å². The van der Waals surface area contributed by atoms with E-state index in [2.05, 4.69) is 39.7 Å². The van der Waals surface area contributed by atoms with Crippen molar-refractivity contribution in [1.82, 2.24) is 14.8 Å². The highest BCUT2D eigenvalue weighted by Crippen LogP contribution is 2.22. The lowest BCUT2D eigenvalue weighted by Gasteiger charge is -2.06. The second kappa shape index (κ2) is 10.4. The van der Waals surface area contributed by atoms with Gasteiger partial charge in [0.05, 0.1) is 22.3 Å². The molecule has 1 amide bonds. The normalized spacial score (nSPS) is 11.0. The van der Waals surface area contributed by atoms with Gasteiger partial charge in [0.15, 0.2) is 12.4 Å². The maximum atomic E-state index is 12.1. The van der Waals surface area contributed by atoms with Crippen LogP contribution in [-0.2, 0) is 20.9 Å². The van der Waals surface area contributed by atoms with Gasteiger partial charge >= 0.3 is 5.97 Å². The fourth-order valence-corrected chi connectivity index (χ4v) is 3.41. The molecule has 0 aliphatic carbocycles. The molecule has 3 aromatic rings. The van der Waals surface area contributed by atoms with Crippen LogP contribution in [0.1, 0.15) is 28.1 Å². The molecule has 166 valence electrons. The predicted molar refractivity (Wildman–Crippen MR) is 125 cm³/mol. The van der Waals surface area contributed by atoms with Crippen molar-refractivity contribution >= 4 is 47.0 Å². The minimum Gasteiger partial charge on any atom is -0.452 e. The van der Waals surface area contributed by atoms with Crippen molar-refractivity contribution in [1.29, 1.82) is 0 Å². The third-order valence-corrected chi connectivity index (χ3v) is 5.18. The summed E-state index contributed by atoms with van der Waals surface area (Å²) in [5.41, 5.74) is 4.88. The number of halogens is 2. The topological polar surface area (TPSA) is 86.1 Å². The Hall–Kier alpha value is -3.16. The van der Waals surface area contributed by atoms with Crippen LogP contribution in [-0.4, -0.2) is 33.2 Å². The Morgan fingerprint density at radius 2 is 1.88 bits per heavy atom. The highest BCUT2D eigenvalue weighted by molar-refractivity contribution is 6.36. The fraction of sp³-hybridized carbons (Fsp3) is 0.217. The van der Waals surface area contributed by atoms with Gasteiger partial charge < -0.3 is 10.1 Å². The Kier molecular flexibility index (Phi) is 7.66. The first-order valence-corrected chi connectivity index (χ1v) is 10.5. The lowest BCUT2D eigenvalue weighted by Crippen LogP contribution is -2.20. The number of carbonyl (C=O) groups excluding carboxylic acids is 2. The summed E-state index contributed by atoms with van der Waals surface area (Å²) in [4.78, 5) is 28.0. The average molecular weight is 473 g/mol. The number of nitrogens with zero attached hydrogens (tertiary/aromatic N) is 3. The lowest BCUT2D eigenvalue weighted by atomic mass is 10.1. The average Bonchev–Trinajstić information content (AvgIpc) is 3.01. The number of anilines is 1. The molecular formula is C23H22Cl2N4O3. The second-order valence-corrected chi connectivity index (χ2v) is 8.04. The van der Waals surface area contributed by atoms with Crippen molar-refractivity contribution < 1.29 is 14.3 Å². The Morgan fingerprint density at radius 1 is 1.16 bits per heavy atom. The van der Waals surface area contributed by atoms with E-state index in [9.17, 15) is 9.59 Å². The van der Waals surface area contributed by atoms with E-state index in [-0.39, 0.29) is 10.8 Å². The lowest BCUT2D eigenvalue weighted by molar-refractivity contribution is -0.142. The number of hydrogen-bond acceptors (Lipinski definition) is 5. The number of rotatable bonds is 7. The molecule has 7 nitrogen and oxygen atoms in total. The zero-order valence-corrected chi connectivity index (χ0v) is 19.4. The molecule has 1 N–H and O–H groups in total. The van der Waals surface area contributed by atoms with Gasteiger partial charge in [-0.15, -0.1) is 0 Å². The molecule has 1 aromatic carbocycles. The van der Waals surface area contributed by atoms with Gasteiger partial charge in [0, 0.05) is 23.5 Å². The number of esters is 1. The van der Waals surface area contributed by atoms with Gasteiger partial charge in [-0.25, -0.2) is 9.78 Å². The number of pyridine rings is 1. The highest BCUT2D eigenvalue weighted by Gasteiger charge is 2.12. The van der Waals surface area contributed by atoms with Gasteiger partial charge in [-0.2, -0.15) is 5.10 Å². The zero-order valence-electron chi connectivity index (χ0n) is 17.9. The Bertz CT molecular complexity index is 1170. The first-order valence-electron chi connectivity index (χ1n) is 9.78. The van der Waals surface area contributed by atoms with Crippen LogP contribution in [0.4, 0.5) is 5.82 Å². The summed E-state index contributed by atoms with van der Waals surface area (Å²) in [6, 6.07) is 9.70. The van der Waals surface area contributed by atoms with Crippen LogP contribution >= 0.6 is 23.2 Å². The van der Waals surface area contributed by atoms with Crippen LogP contribution in [0.25, 0.3) is 6.08 Å². The van der Waals surface area contributed by atoms with Crippen LogP contribution < -0.4 is 5.32 Å². The molecule has 0 spiro atoms. The van der Waals surface area contributed by atoms with E-state index in [4.69, 9.17) is 27.9 Å². The zero-order chi connectivity index (χ0) is 23.3. The molecule has 0 fully saturated rings. The van der Waals surface area contributed by atoms with Gasteiger partial charge in [-0.05, 0) is 38.5 Å². The van der Waals surface area contributed by atoms with Crippen LogP contribution in [0, 0.1) is 20.8 Å². The third kappa shape index (κ3) is 6.18. The van der Waals surface area contributed by atoms with Gasteiger partial charge in [0.2, 0.25) is 0 Å². The Labute approximate surface area is 196 Å². The Morgan fingerprint density at radius 3 is 2.56 bits per heavy atom. The molecule has 0 saturated carbocycles. The number of benzene rings is 1. The maximum Gasteiger partial charge on any atom is 0.331 e. The monoisotopic (exact) mass is 472 g/mol. The SMILES string of the molecule is Cc1ccc(Cn2nc(C)c(C=CC(=O)OCC(=O)Nc3ncc(Cl)cc3Cl)c2C)cc1. The fourth-order valence-electron chi connectivity index (χ4n) is 2.98. The number of amides is 1. The summed E-state index contributed by atoms with van der Waals surface area (Å²) < 4.78 is 6.88. The van der Waals surface area contributed by atoms with Crippen molar-refractivity contribution in [2.75, 3.05) is 11.9 Å². The number of nitrogens with one attached hydrogen (secondary N) is 1. The summed E-state index contributed by atoms with van der Waals surface area (Å²) in [6.45, 7) is 6.01. The molecule has 0 bridgehead atoms. The molecule has 0 radical (unpaired) electrons. The molecule has 32 heavy (non-hydrogen) atoms. The number of aromatic nitrogens is 3. The van der Waals surface area contributed by atoms with E-state index >= 15 is 0 Å². The summed E-state index contributed by atoms with van der Waals surface area (Å²) in [6.07, 6.45) is 4.26. The van der Waals surface area contributed by atoms with E-state index in [1.165, 1.54) is 23.9 Å². The second-order valence-electron chi connectivity index (χ2n) is 7.20. The van der Waals surface area contributed by atoms with E-state index < -0.39 is 18.5 Å². The molecule has 0 aliphatic rings. The molecule has 0 atom stereocenters. The molecule has 9 heteroatoms. The van der Waals surface area contributed by atoms with Crippen molar-refractivity contribution in [2.24, 2.45) is 0 Å². The van der Waals surface area contributed by atoms with Crippen molar-refractivity contribution in [3.05, 3.63) is 80.7 Å². The largest absolute Gasteiger partial charge is 0.452 e. The van der Waals surface area contributed by atoms with Gasteiger partial charge in [-0.3, -0.25) is 9.48 Å². The van der Waals surface area contributed by atoms with Crippen molar-refractivity contribution in [3.8, 4) is 0 Å². The van der Waals surface area contributed by atoms with Gasteiger partial charge in [-0.1, -0.05) is 53.0 Å². The highest BCUT2D eigenvalue weighted by atomic mass is 35.5. The smallest absolute Gasteiger partial charge is 0.331 e. The van der Waals surface area contributed by atoms with Crippen LogP contribution in [0.3, 0.4) is 0 Å². The summed E-state index contributed by atoms with van der Waals surface area (Å²) in [7, 11) is 0. The van der Waals surface area contributed by atoms with Crippen LogP contribution in [0.2, 0.25) is 10.0 Å². The molecular weight excluding hydrogens is 451 g/mol. The van der Waals surface area contributed by atoms with E-state index in [1.54, 1.807) is 6.08 Å². The van der Waals surface area contributed by atoms with E-state index in [0.717, 1.165) is 22.5 Å². The van der Waals surface area contributed by atoms with E-state index in [0.29, 0.717) is 11.6 Å². The molecule has 0 saturated heterocycles. The minimum atomic E-state index is -0.652. The molecule has 0 aliphatic heterocycles. The van der Waals surface area contributed by atoms with Gasteiger partial charge in [0.1, 0.15) is 0 Å². The number of ether oxygens (including phenoxy) is 1. The van der Waals surface area contributed by atoms with Crippen molar-refractivity contribution in [3.63, 3.8) is 0 Å². The molecule has 2 heterocycles. The minimum absolute atomic E-state index is 0.139. The number of aryl methyl sites for hydroxylation is 2. The molecule has 3 rings (SSSR count). The summed E-state index contributed by atoms with van der Waals surface area (Å²) >= 11 is 11.7. The van der Waals surface area contributed by atoms with Crippen LogP contribution in [0.5, 0.6) is 0 Å². The quantitative estimate of drug-likeness (QED) is 0.395. The number of carbonyl (C=O) groups is 2. The van der Waals surface area contributed by atoms with Crippen LogP contribution in [0.15, 0.2) is 42.6 Å². The van der Waals surface area contributed by atoms with Crippen molar-refractivity contribution in [2.45, 2.75) is 27.3 Å². The Balaban J connectivity index is 1.57. The summed E-state index contributed by atoms with van der Waals surface area (Å²) in [5.74, 6) is -1.08.